The molecule has 98 valence electrons. The van der Waals surface area contributed by atoms with Gasteiger partial charge in [0.2, 0.25) is 0 Å². The van der Waals surface area contributed by atoms with E-state index in [4.69, 9.17) is 10.5 Å². The molecule has 1 fully saturated rings. The average molecular weight is 248 g/mol. The van der Waals surface area contributed by atoms with Gasteiger partial charge in [0.1, 0.15) is 5.75 Å². The molecule has 0 saturated carbocycles. The first-order valence-electron chi connectivity index (χ1n) is 6.22. The van der Waals surface area contributed by atoms with E-state index >= 15 is 0 Å². The SMILES string of the molecule is COc1ccc(C)cc1C(=O)N1CC(C)C(N)C1. The summed E-state index contributed by atoms with van der Waals surface area (Å²) in [5, 5.41) is 0. The Kier molecular flexibility index (Phi) is 3.57. The number of nitrogens with two attached hydrogens (primary N) is 1. The van der Waals surface area contributed by atoms with Gasteiger partial charge in [0.15, 0.2) is 0 Å². The molecule has 0 bridgehead atoms. The summed E-state index contributed by atoms with van der Waals surface area (Å²) < 4.78 is 5.26. The average Bonchev–Trinajstić information content (AvgIpc) is 2.68. The monoisotopic (exact) mass is 248 g/mol. The lowest BCUT2D eigenvalue weighted by molar-refractivity contribution is 0.0783. The maximum absolute atomic E-state index is 12.5. The summed E-state index contributed by atoms with van der Waals surface area (Å²) in [6.07, 6.45) is 0. The molecular weight excluding hydrogens is 228 g/mol. The van der Waals surface area contributed by atoms with Crippen LogP contribution >= 0.6 is 0 Å². The van der Waals surface area contributed by atoms with E-state index in [9.17, 15) is 4.79 Å². The zero-order chi connectivity index (χ0) is 13.3. The fourth-order valence-corrected chi connectivity index (χ4v) is 2.32. The predicted octanol–water partition coefficient (Wildman–Crippen LogP) is 1.42. The molecule has 0 radical (unpaired) electrons. The molecule has 0 spiro atoms. The van der Waals surface area contributed by atoms with Gasteiger partial charge in [0, 0.05) is 19.1 Å². The van der Waals surface area contributed by atoms with Crippen molar-refractivity contribution in [2.24, 2.45) is 11.7 Å². The molecule has 4 nitrogen and oxygen atoms in total. The van der Waals surface area contributed by atoms with E-state index in [0.29, 0.717) is 23.8 Å². The quantitative estimate of drug-likeness (QED) is 0.861. The zero-order valence-electron chi connectivity index (χ0n) is 11.1. The summed E-state index contributed by atoms with van der Waals surface area (Å²) in [6, 6.07) is 5.72. The number of likely N-dealkylation sites (tertiary alicyclic amines) is 1. The second-order valence-corrected chi connectivity index (χ2v) is 5.06. The summed E-state index contributed by atoms with van der Waals surface area (Å²) in [7, 11) is 1.58. The van der Waals surface area contributed by atoms with Gasteiger partial charge in [-0.3, -0.25) is 4.79 Å². The van der Waals surface area contributed by atoms with Crippen LogP contribution in [0.3, 0.4) is 0 Å². The third-order valence-corrected chi connectivity index (χ3v) is 3.54. The molecule has 4 heteroatoms. The van der Waals surface area contributed by atoms with Crippen molar-refractivity contribution in [3.8, 4) is 5.75 Å². The van der Waals surface area contributed by atoms with E-state index in [-0.39, 0.29) is 11.9 Å². The van der Waals surface area contributed by atoms with Gasteiger partial charge in [-0.2, -0.15) is 0 Å². The van der Waals surface area contributed by atoms with Gasteiger partial charge in [-0.05, 0) is 25.0 Å². The van der Waals surface area contributed by atoms with Crippen molar-refractivity contribution in [1.82, 2.24) is 4.90 Å². The lowest BCUT2D eigenvalue weighted by atomic mass is 10.1. The molecule has 1 saturated heterocycles. The molecule has 2 N–H and O–H groups in total. The number of methoxy groups -OCH3 is 1. The van der Waals surface area contributed by atoms with E-state index in [0.717, 1.165) is 12.1 Å². The first kappa shape index (κ1) is 12.9. The third-order valence-electron chi connectivity index (χ3n) is 3.54. The molecule has 1 heterocycles. The van der Waals surface area contributed by atoms with Crippen LogP contribution < -0.4 is 10.5 Å². The minimum atomic E-state index is 0.00958. The number of aryl methyl sites for hydroxylation is 1. The van der Waals surface area contributed by atoms with Crippen molar-refractivity contribution in [2.45, 2.75) is 19.9 Å². The second kappa shape index (κ2) is 4.98. The minimum Gasteiger partial charge on any atom is -0.496 e. The number of carbonyl (C=O) groups is 1. The smallest absolute Gasteiger partial charge is 0.257 e. The van der Waals surface area contributed by atoms with Gasteiger partial charge in [0.25, 0.3) is 5.91 Å². The Hall–Kier alpha value is -1.55. The molecule has 2 unspecified atom stereocenters. The highest BCUT2D eigenvalue weighted by atomic mass is 16.5. The molecule has 18 heavy (non-hydrogen) atoms. The maximum atomic E-state index is 12.5. The summed E-state index contributed by atoms with van der Waals surface area (Å²) >= 11 is 0. The van der Waals surface area contributed by atoms with Crippen molar-refractivity contribution in [1.29, 1.82) is 0 Å². The number of benzene rings is 1. The number of ether oxygens (including phenoxy) is 1. The van der Waals surface area contributed by atoms with Gasteiger partial charge in [-0.25, -0.2) is 0 Å². The maximum Gasteiger partial charge on any atom is 0.257 e. The van der Waals surface area contributed by atoms with Gasteiger partial charge in [-0.1, -0.05) is 18.6 Å². The van der Waals surface area contributed by atoms with E-state index in [2.05, 4.69) is 6.92 Å². The van der Waals surface area contributed by atoms with Gasteiger partial charge in [-0.15, -0.1) is 0 Å². The number of amides is 1. The summed E-state index contributed by atoms with van der Waals surface area (Å²) in [6.45, 7) is 5.38. The number of rotatable bonds is 2. The van der Waals surface area contributed by atoms with Crippen molar-refractivity contribution >= 4 is 5.91 Å². The standard InChI is InChI=1S/C14H20N2O2/c1-9-4-5-13(18-3)11(6-9)14(17)16-7-10(2)12(15)8-16/h4-6,10,12H,7-8,15H2,1-3H3. The van der Waals surface area contributed by atoms with Crippen LogP contribution in [0.1, 0.15) is 22.8 Å². The van der Waals surface area contributed by atoms with Gasteiger partial charge in [0.05, 0.1) is 12.7 Å². The van der Waals surface area contributed by atoms with Crippen LogP contribution in [0.2, 0.25) is 0 Å². The summed E-state index contributed by atoms with van der Waals surface area (Å²) in [4.78, 5) is 14.3. The van der Waals surface area contributed by atoms with Crippen LogP contribution in [-0.4, -0.2) is 37.0 Å². The molecule has 1 amide bonds. The topological polar surface area (TPSA) is 55.6 Å². The molecule has 1 aromatic rings. The lowest BCUT2D eigenvalue weighted by Crippen LogP contribution is -2.32. The molecule has 0 aromatic heterocycles. The highest BCUT2D eigenvalue weighted by molar-refractivity contribution is 5.97. The highest BCUT2D eigenvalue weighted by Crippen LogP contribution is 2.24. The van der Waals surface area contributed by atoms with Crippen LogP contribution in [0.25, 0.3) is 0 Å². The fourth-order valence-electron chi connectivity index (χ4n) is 2.32. The van der Waals surface area contributed by atoms with Gasteiger partial charge < -0.3 is 15.4 Å². The van der Waals surface area contributed by atoms with Crippen molar-refractivity contribution in [2.75, 3.05) is 20.2 Å². The van der Waals surface area contributed by atoms with Crippen molar-refractivity contribution in [3.63, 3.8) is 0 Å². The summed E-state index contributed by atoms with van der Waals surface area (Å²) in [5.74, 6) is 0.985. The number of carbonyl (C=O) groups excluding carboxylic acids is 1. The molecule has 1 aliphatic rings. The van der Waals surface area contributed by atoms with Gasteiger partial charge >= 0.3 is 0 Å². The van der Waals surface area contributed by atoms with Crippen LogP contribution in [0.5, 0.6) is 5.75 Å². The zero-order valence-corrected chi connectivity index (χ0v) is 11.1. The molecule has 1 aliphatic heterocycles. The predicted molar refractivity (Wildman–Crippen MR) is 70.8 cm³/mol. The normalized spacial score (nSPS) is 23.2. The van der Waals surface area contributed by atoms with Crippen LogP contribution in [0.15, 0.2) is 18.2 Å². The van der Waals surface area contributed by atoms with Crippen LogP contribution in [-0.2, 0) is 0 Å². The Morgan fingerprint density at radius 3 is 2.72 bits per heavy atom. The first-order chi connectivity index (χ1) is 8.52. The van der Waals surface area contributed by atoms with E-state index in [1.165, 1.54) is 0 Å². The molecule has 1 aromatic carbocycles. The first-order valence-corrected chi connectivity index (χ1v) is 6.22. The molecule has 0 aliphatic carbocycles. The number of hydrogen-bond donors (Lipinski definition) is 1. The Bertz CT molecular complexity index is 449. The number of nitrogens with zero attached hydrogens (tertiary/aromatic N) is 1. The van der Waals surface area contributed by atoms with Crippen LogP contribution in [0, 0.1) is 12.8 Å². The Labute approximate surface area is 108 Å². The van der Waals surface area contributed by atoms with Crippen molar-refractivity contribution in [3.05, 3.63) is 29.3 Å². The second-order valence-electron chi connectivity index (χ2n) is 5.06. The fraction of sp³-hybridized carbons (Fsp3) is 0.500. The lowest BCUT2D eigenvalue weighted by Gasteiger charge is -2.18. The van der Waals surface area contributed by atoms with E-state index in [1.807, 2.05) is 30.0 Å². The Morgan fingerprint density at radius 2 is 2.17 bits per heavy atom. The molecule has 2 rings (SSSR count). The van der Waals surface area contributed by atoms with E-state index in [1.54, 1.807) is 7.11 Å². The number of hydrogen-bond acceptors (Lipinski definition) is 3. The Balaban J connectivity index is 2.26. The van der Waals surface area contributed by atoms with E-state index < -0.39 is 0 Å². The third kappa shape index (κ3) is 2.34. The largest absolute Gasteiger partial charge is 0.496 e. The summed E-state index contributed by atoms with van der Waals surface area (Å²) in [5.41, 5.74) is 7.64. The highest BCUT2D eigenvalue weighted by Gasteiger charge is 2.31. The van der Waals surface area contributed by atoms with Crippen LogP contribution in [0.4, 0.5) is 0 Å². The van der Waals surface area contributed by atoms with Crippen molar-refractivity contribution < 1.29 is 9.53 Å². The molecule has 2 atom stereocenters. The Morgan fingerprint density at radius 1 is 1.44 bits per heavy atom. The molecular formula is C14H20N2O2. The minimum absolute atomic E-state index is 0.00958.